The highest BCUT2D eigenvalue weighted by Crippen LogP contribution is 2.17. The van der Waals surface area contributed by atoms with E-state index < -0.39 is 0 Å². The first-order chi connectivity index (χ1) is 15.1. The van der Waals surface area contributed by atoms with Gasteiger partial charge in [0.25, 0.3) is 11.8 Å². The first-order valence-electron chi connectivity index (χ1n) is 10.9. The summed E-state index contributed by atoms with van der Waals surface area (Å²) in [5.41, 5.74) is 1.87. The Labute approximate surface area is 182 Å². The van der Waals surface area contributed by atoms with Crippen molar-refractivity contribution >= 4 is 23.5 Å². The summed E-state index contributed by atoms with van der Waals surface area (Å²) in [6, 6.07) is 16.1. The standard InChI is InChI=1S/C24H28N4O3/c29-22(19-8-3-1-4-9-19)27-14-16-28(17-15-27)24(31)25-21-11-7-10-20(18-21)23(30)26-12-5-2-6-13-26/h1,3-4,7-11,18H,2,5-6,12-17H2,(H,25,31). The number of likely N-dealkylation sites (tertiary alicyclic amines) is 1. The van der Waals surface area contributed by atoms with Crippen molar-refractivity contribution in [2.75, 3.05) is 44.6 Å². The Hall–Kier alpha value is -3.35. The van der Waals surface area contributed by atoms with Crippen LogP contribution in [0.3, 0.4) is 0 Å². The van der Waals surface area contributed by atoms with Crippen LogP contribution in [0.25, 0.3) is 0 Å². The molecule has 31 heavy (non-hydrogen) atoms. The SMILES string of the molecule is O=C(Nc1cccc(C(=O)N2CCCCC2)c1)N1CCN(C(=O)c2ccccc2)CC1. The molecule has 0 spiro atoms. The molecule has 1 N–H and O–H groups in total. The number of hydrogen-bond acceptors (Lipinski definition) is 3. The molecule has 2 aliphatic heterocycles. The van der Waals surface area contributed by atoms with E-state index in [1.54, 1.807) is 46.2 Å². The van der Waals surface area contributed by atoms with Gasteiger partial charge in [-0.2, -0.15) is 0 Å². The third-order valence-corrected chi connectivity index (χ3v) is 5.88. The topological polar surface area (TPSA) is 73.0 Å². The average Bonchev–Trinajstić information content (AvgIpc) is 2.84. The Bertz CT molecular complexity index is 933. The third-order valence-electron chi connectivity index (χ3n) is 5.88. The minimum Gasteiger partial charge on any atom is -0.339 e. The van der Waals surface area contributed by atoms with Crippen LogP contribution in [0.4, 0.5) is 10.5 Å². The van der Waals surface area contributed by atoms with Crippen molar-refractivity contribution in [3.05, 3.63) is 65.7 Å². The van der Waals surface area contributed by atoms with E-state index in [4.69, 9.17) is 0 Å². The maximum Gasteiger partial charge on any atom is 0.321 e. The first-order valence-corrected chi connectivity index (χ1v) is 10.9. The first kappa shape index (κ1) is 20.9. The molecule has 0 radical (unpaired) electrons. The quantitative estimate of drug-likeness (QED) is 0.828. The number of rotatable bonds is 3. The van der Waals surface area contributed by atoms with E-state index in [1.807, 2.05) is 23.1 Å². The van der Waals surface area contributed by atoms with Crippen LogP contribution < -0.4 is 5.32 Å². The number of carbonyl (C=O) groups is 3. The number of hydrogen-bond donors (Lipinski definition) is 1. The van der Waals surface area contributed by atoms with Crippen molar-refractivity contribution in [2.24, 2.45) is 0 Å². The highest BCUT2D eigenvalue weighted by Gasteiger charge is 2.25. The van der Waals surface area contributed by atoms with Crippen LogP contribution in [0.15, 0.2) is 54.6 Å². The van der Waals surface area contributed by atoms with Crippen LogP contribution in [0.1, 0.15) is 40.0 Å². The molecule has 2 fully saturated rings. The number of benzene rings is 2. The van der Waals surface area contributed by atoms with Crippen LogP contribution >= 0.6 is 0 Å². The normalized spacial score (nSPS) is 16.7. The fourth-order valence-corrected chi connectivity index (χ4v) is 4.09. The van der Waals surface area contributed by atoms with Crippen molar-refractivity contribution in [3.8, 4) is 0 Å². The van der Waals surface area contributed by atoms with E-state index in [-0.39, 0.29) is 17.8 Å². The van der Waals surface area contributed by atoms with Gasteiger partial charge in [0.15, 0.2) is 0 Å². The third kappa shape index (κ3) is 5.05. The van der Waals surface area contributed by atoms with Gasteiger partial charge in [-0.15, -0.1) is 0 Å². The summed E-state index contributed by atoms with van der Waals surface area (Å²) in [4.78, 5) is 43.4. The van der Waals surface area contributed by atoms with Gasteiger partial charge < -0.3 is 20.0 Å². The van der Waals surface area contributed by atoms with Crippen LogP contribution in [-0.2, 0) is 0 Å². The summed E-state index contributed by atoms with van der Waals surface area (Å²) in [7, 11) is 0. The van der Waals surface area contributed by atoms with Gasteiger partial charge in [-0.05, 0) is 49.6 Å². The van der Waals surface area contributed by atoms with E-state index in [1.165, 1.54) is 6.42 Å². The van der Waals surface area contributed by atoms with Crippen molar-refractivity contribution in [1.29, 1.82) is 0 Å². The molecule has 7 heteroatoms. The summed E-state index contributed by atoms with van der Waals surface area (Å²) in [6.07, 6.45) is 3.26. The van der Waals surface area contributed by atoms with Crippen LogP contribution in [-0.4, -0.2) is 71.8 Å². The number of piperidine rings is 1. The Morgan fingerprint density at radius 1 is 0.613 bits per heavy atom. The molecule has 2 saturated heterocycles. The van der Waals surface area contributed by atoms with Crippen LogP contribution in [0, 0.1) is 0 Å². The molecule has 2 heterocycles. The lowest BCUT2D eigenvalue weighted by Crippen LogP contribution is -2.51. The lowest BCUT2D eigenvalue weighted by molar-refractivity contribution is 0.0671. The minimum atomic E-state index is -0.214. The zero-order chi connectivity index (χ0) is 21.6. The molecule has 162 valence electrons. The monoisotopic (exact) mass is 420 g/mol. The Morgan fingerprint density at radius 2 is 1.19 bits per heavy atom. The van der Waals surface area contributed by atoms with E-state index in [0.29, 0.717) is 43.0 Å². The summed E-state index contributed by atoms with van der Waals surface area (Å²) >= 11 is 0. The van der Waals surface area contributed by atoms with Crippen molar-refractivity contribution in [1.82, 2.24) is 14.7 Å². The molecule has 7 nitrogen and oxygen atoms in total. The predicted molar refractivity (Wildman–Crippen MR) is 119 cm³/mol. The molecule has 0 unspecified atom stereocenters. The molecule has 4 rings (SSSR count). The van der Waals surface area contributed by atoms with Gasteiger partial charge in [0.1, 0.15) is 0 Å². The second kappa shape index (κ2) is 9.64. The fourth-order valence-electron chi connectivity index (χ4n) is 4.09. The zero-order valence-electron chi connectivity index (χ0n) is 17.6. The van der Waals surface area contributed by atoms with Gasteiger partial charge in [0, 0.05) is 56.1 Å². The van der Waals surface area contributed by atoms with Gasteiger partial charge >= 0.3 is 6.03 Å². The van der Waals surface area contributed by atoms with Crippen molar-refractivity contribution in [2.45, 2.75) is 19.3 Å². The largest absolute Gasteiger partial charge is 0.339 e. The molecule has 0 bridgehead atoms. The maximum absolute atomic E-state index is 12.7. The number of nitrogens with zero attached hydrogens (tertiary/aromatic N) is 3. The zero-order valence-corrected chi connectivity index (χ0v) is 17.6. The molecule has 2 aromatic rings. The maximum atomic E-state index is 12.7. The van der Waals surface area contributed by atoms with Crippen molar-refractivity contribution < 1.29 is 14.4 Å². The highest BCUT2D eigenvalue weighted by atomic mass is 16.2. The minimum absolute atomic E-state index is 0.00964. The molecule has 0 aromatic heterocycles. The van der Waals surface area contributed by atoms with E-state index >= 15 is 0 Å². The van der Waals surface area contributed by atoms with Crippen LogP contribution in [0.5, 0.6) is 0 Å². The Balaban J connectivity index is 1.32. The van der Waals surface area contributed by atoms with Gasteiger partial charge in [0.2, 0.25) is 0 Å². The molecule has 2 aliphatic rings. The number of anilines is 1. The smallest absolute Gasteiger partial charge is 0.321 e. The lowest BCUT2D eigenvalue weighted by Gasteiger charge is -2.34. The summed E-state index contributed by atoms with van der Waals surface area (Å²) < 4.78 is 0. The number of carbonyl (C=O) groups excluding carboxylic acids is 3. The molecule has 0 saturated carbocycles. The molecule has 0 aliphatic carbocycles. The Kier molecular flexibility index (Phi) is 6.50. The van der Waals surface area contributed by atoms with Gasteiger partial charge in [-0.25, -0.2) is 4.79 Å². The number of urea groups is 1. The van der Waals surface area contributed by atoms with Gasteiger partial charge in [-0.1, -0.05) is 24.3 Å². The Morgan fingerprint density at radius 3 is 1.90 bits per heavy atom. The lowest BCUT2D eigenvalue weighted by atomic mass is 10.1. The van der Waals surface area contributed by atoms with Gasteiger partial charge in [0.05, 0.1) is 0 Å². The highest BCUT2D eigenvalue weighted by molar-refractivity contribution is 5.97. The predicted octanol–water partition coefficient (Wildman–Crippen LogP) is 3.30. The molecular weight excluding hydrogens is 392 g/mol. The molecular formula is C24H28N4O3. The van der Waals surface area contributed by atoms with Crippen molar-refractivity contribution in [3.63, 3.8) is 0 Å². The van der Waals surface area contributed by atoms with E-state index in [2.05, 4.69) is 5.32 Å². The van der Waals surface area contributed by atoms with Crippen LogP contribution in [0.2, 0.25) is 0 Å². The second-order valence-corrected chi connectivity index (χ2v) is 8.01. The van der Waals surface area contributed by atoms with Gasteiger partial charge in [-0.3, -0.25) is 9.59 Å². The van der Waals surface area contributed by atoms with E-state index in [0.717, 1.165) is 25.9 Å². The summed E-state index contributed by atoms with van der Waals surface area (Å²) in [5, 5.41) is 2.90. The molecule has 2 aromatic carbocycles. The number of piperazine rings is 1. The number of amides is 4. The van der Waals surface area contributed by atoms with E-state index in [9.17, 15) is 14.4 Å². The molecule has 4 amide bonds. The average molecular weight is 421 g/mol. The number of nitrogens with one attached hydrogen (secondary N) is 1. The fraction of sp³-hybridized carbons (Fsp3) is 0.375. The summed E-state index contributed by atoms with van der Waals surface area (Å²) in [5.74, 6) is 0.00780. The molecule has 0 atom stereocenters. The second-order valence-electron chi connectivity index (χ2n) is 8.01. The summed E-state index contributed by atoms with van der Waals surface area (Å²) in [6.45, 7) is 3.51.